The molecule has 0 aliphatic rings. The fraction of sp³-hybridized carbons (Fsp3) is 0.500. The standard InChI is InChI=1S/C15H23NO2.C13H16O.C2H6/c1-5-16(6-2)7-8-18-15-12(3)9-14(11-17)10-13(15)4;1-3-4-8-12-10(2)11-7-5-6-9-13(11)14-12;1-2/h9-11H,5-8H2,1-4H3;5-7,9H,3-4,8H2,1-2H3;1-2H3. The van der Waals surface area contributed by atoms with Crippen molar-refractivity contribution in [1.82, 2.24) is 4.90 Å². The summed E-state index contributed by atoms with van der Waals surface area (Å²) in [5, 5.41) is 1.26. The van der Waals surface area contributed by atoms with Crippen LogP contribution in [-0.2, 0) is 6.42 Å². The molecule has 4 nitrogen and oxygen atoms in total. The van der Waals surface area contributed by atoms with Gasteiger partial charge in [0.05, 0.1) is 0 Å². The third kappa shape index (κ3) is 8.64. The molecule has 0 bridgehead atoms. The lowest BCUT2D eigenvalue weighted by molar-refractivity contribution is 0.112. The molecular formula is C30H45NO3. The average molecular weight is 468 g/mol. The van der Waals surface area contributed by atoms with E-state index in [1.54, 1.807) is 0 Å². The lowest BCUT2D eigenvalue weighted by Gasteiger charge is -2.19. The van der Waals surface area contributed by atoms with E-state index in [1.165, 1.54) is 23.8 Å². The van der Waals surface area contributed by atoms with E-state index in [2.05, 4.69) is 44.7 Å². The van der Waals surface area contributed by atoms with Crippen LogP contribution < -0.4 is 4.74 Å². The molecule has 0 amide bonds. The molecule has 34 heavy (non-hydrogen) atoms. The Balaban J connectivity index is 0.000000324. The Morgan fingerprint density at radius 1 is 0.971 bits per heavy atom. The van der Waals surface area contributed by atoms with Gasteiger partial charge in [-0.15, -0.1) is 0 Å². The second kappa shape index (κ2) is 16.1. The molecule has 0 unspecified atom stereocenters. The molecule has 2 aromatic carbocycles. The van der Waals surface area contributed by atoms with Crippen LogP contribution in [0, 0.1) is 20.8 Å². The molecule has 1 aromatic heterocycles. The summed E-state index contributed by atoms with van der Waals surface area (Å²) in [6.45, 7) is 20.3. The number of fused-ring (bicyclic) bond motifs is 1. The van der Waals surface area contributed by atoms with Crippen molar-refractivity contribution in [2.45, 2.75) is 74.7 Å². The number of aryl methyl sites for hydroxylation is 4. The predicted molar refractivity (Wildman–Crippen MR) is 145 cm³/mol. The van der Waals surface area contributed by atoms with E-state index >= 15 is 0 Å². The zero-order chi connectivity index (χ0) is 25.5. The molecule has 188 valence electrons. The van der Waals surface area contributed by atoms with Gasteiger partial charge in [-0.1, -0.05) is 59.2 Å². The van der Waals surface area contributed by atoms with E-state index in [9.17, 15) is 4.79 Å². The second-order valence-corrected chi connectivity index (χ2v) is 8.23. The molecule has 0 saturated carbocycles. The maximum absolute atomic E-state index is 10.8. The molecule has 0 saturated heterocycles. The highest BCUT2D eigenvalue weighted by Crippen LogP contribution is 2.26. The minimum absolute atomic E-state index is 0.684. The van der Waals surface area contributed by atoms with E-state index in [1.807, 2.05) is 52.0 Å². The van der Waals surface area contributed by atoms with Crippen molar-refractivity contribution in [1.29, 1.82) is 0 Å². The quantitative estimate of drug-likeness (QED) is 0.284. The van der Waals surface area contributed by atoms with Crippen LogP contribution in [0.15, 0.2) is 40.8 Å². The lowest BCUT2D eigenvalue weighted by Crippen LogP contribution is -2.28. The van der Waals surface area contributed by atoms with E-state index < -0.39 is 0 Å². The first-order valence-electron chi connectivity index (χ1n) is 12.8. The first-order valence-corrected chi connectivity index (χ1v) is 12.8. The van der Waals surface area contributed by atoms with Gasteiger partial charge in [-0.2, -0.15) is 0 Å². The van der Waals surface area contributed by atoms with Gasteiger partial charge < -0.3 is 14.1 Å². The molecule has 0 aliphatic carbocycles. The Bertz CT molecular complexity index is 963. The van der Waals surface area contributed by atoms with Crippen molar-refractivity contribution < 1.29 is 13.9 Å². The Kier molecular flexibility index (Phi) is 13.9. The molecule has 0 radical (unpaired) electrons. The topological polar surface area (TPSA) is 42.7 Å². The summed E-state index contributed by atoms with van der Waals surface area (Å²) in [5.41, 5.74) is 5.10. The van der Waals surface area contributed by atoms with Gasteiger partial charge in [-0.3, -0.25) is 4.79 Å². The van der Waals surface area contributed by atoms with Gasteiger partial charge in [-0.05, 0) is 75.2 Å². The van der Waals surface area contributed by atoms with Gasteiger partial charge >= 0.3 is 0 Å². The highest BCUT2D eigenvalue weighted by Gasteiger charge is 2.09. The SMILES string of the molecule is CC.CCCCc1oc2ccccc2c1C.CCN(CC)CCOc1c(C)cc(C=O)cc1C. The minimum Gasteiger partial charge on any atom is -0.492 e. The van der Waals surface area contributed by atoms with Crippen molar-refractivity contribution in [3.05, 3.63) is 64.4 Å². The second-order valence-electron chi connectivity index (χ2n) is 8.23. The van der Waals surface area contributed by atoms with Gasteiger partial charge in [0.15, 0.2) is 0 Å². The fourth-order valence-corrected chi connectivity index (χ4v) is 3.90. The number of benzene rings is 2. The van der Waals surface area contributed by atoms with Gasteiger partial charge in [0.1, 0.15) is 30.0 Å². The molecule has 3 aromatic rings. The van der Waals surface area contributed by atoms with Gasteiger partial charge in [0, 0.05) is 23.9 Å². The van der Waals surface area contributed by atoms with Crippen molar-refractivity contribution >= 4 is 17.3 Å². The van der Waals surface area contributed by atoms with Crippen LogP contribution in [0.3, 0.4) is 0 Å². The van der Waals surface area contributed by atoms with Crippen LogP contribution in [0.5, 0.6) is 5.75 Å². The van der Waals surface area contributed by atoms with E-state index in [-0.39, 0.29) is 0 Å². The number of para-hydroxylation sites is 1. The van der Waals surface area contributed by atoms with Crippen LogP contribution in [0.25, 0.3) is 11.0 Å². The summed E-state index contributed by atoms with van der Waals surface area (Å²) in [5.74, 6) is 2.07. The van der Waals surface area contributed by atoms with Crippen LogP contribution in [0.4, 0.5) is 0 Å². The third-order valence-electron chi connectivity index (χ3n) is 5.87. The van der Waals surface area contributed by atoms with Crippen molar-refractivity contribution in [2.75, 3.05) is 26.2 Å². The molecule has 1 heterocycles. The summed E-state index contributed by atoms with van der Waals surface area (Å²) >= 11 is 0. The number of carbonyl (C=O) groups is 1. The summed E-state index contributed by atoms with van der Waals surface area (Å²) in [7, 11) is 0. The van der Waals surface area contributed by atoms with Gasteiger partial charge in [-0.25, -0.2) is 0 Å². The summed E-state index contributed by atoms with van der Waals surface area (Å²) in [4.78, 5) is 13.1. The highest BCUT2D eigenvalue weighted by molar-refractivity contribution is 5.81. The normalized spacial score (nSPS) is 10.4. The van der Waals surface area contributed by atoms with Crippen molar-refractivity contribution in [2.24, 2.45) is 0 Å². The Morgan fingerprint density at radius 3 is 2.12 bits per heavy atom. The monoisotopic (exact) mass is 467 g/mol. The fourth-order valence-electron chi connectivity index (χ4n) is 3.90. The van der Waals surface area contributed by atoms with Crippen LogP contribution in [0.2, 0.25) is 0 Å². The number of furan rings is 1. The number of aldehydes is 1. The first-order chi connectivity index (χ1) is 16.4. The van der Waals surface area contributed by atoms with Crippen molar-refractivity contribution in [3.63, 3.8) is 0 Å². The molecule has 0 atom stereocenters. The maximum atomic E-state index is 10.8. The number of unbranched alkanes of at least 4 members (excludes halogenated alkanes) is 1. The van der Waals surface area contributed by atoms with E-state index in [4.69, 9.17) is 9.15 Å². The number of likely N-dealkylation sites (N-methyl/N-ethyl adjacent to an activating group) is 1. The molecule has 3 rings (SSSR count). The van der Waals surface area contributed by atoms with Crippen molar-refractivity contribution in [3.8, 4) is 5.75 Å². The number of hydrogen-bond donors (Lipinski definition) is 0. The molecule has 4 heteroatoms. The Labute approximate surface area is 207 Å². The maximum Gasteiger partial charge on any atom is 0.150 e. The molecule has 0 spiro atoms. The number of rotatable bonds is 10. The zero-order valence-corrected chi connectivity index (χ0v) is 22.7. The van der Waals surface area contributed by atoms with Gasteiger partial charge in [0.2, 0.25) is 0 Å². The summed E-state index contributed by atoms with van der Waals surface area (Å²) in [6.07, 6.45) is 4.37. The highest BCUT2D eigenvalue weighted by atomic mass is 16.5. The number of ether oxygens (including phenoxy) is 1. The Morgan fingerprint density at radius 2 is 1.59 bits per heavy atom. The smallest absolute Gasteiger partial charge is 0.150 e. The summed E-state index contributed by atoms with van der Waals surface area (Å²) < 4.78 is 11.6. The van der Waals surface area contributed by atoms with Crippen LogP contribution in [0.1, 0.15) is 80.3 Å². The molecule has 0 fully saturated rings. The number of nitrogens with zero attached hydrogens (tertiary/aromatic N) is 1. The molecule has 0 N–H and O–H groups in total. The largest absolute Gasteiger partial charge is 0.492 e. The minimum atomic E-state index is 0.684. The average Bonchev–Trinajstić information content (AvgIpc) is 3.19. The molecule has 0 aliphatic heterocycles. The third-order valence-corrected chi connectivity index (χ3v) is 5.87. The first kappa shape index (κ1) is 29.4. The number of carbonyl (C=O) groups excluding carboxylic acids is 1. The lowest BCUT2D eigenvalue weighted by atomic mass is 10.1. The predicted octanol–water partition coefficient (Wildman–Crippen LogP) is 7.95. The Hall–Kier alpha value is -2.59. The molecular weight excluding hydrogens is 422 g/mol. The zero-order valence-electron chi connectivity index (χ0n) is 22.7. The number of hydrogen-bond acceptors (Lipinski definition) is 4. The van der Waals surface area contributed by atoms with Gasteiger partial charge in [0.25, 0.3) is 0 Å². The van der Waals surface area contributed by atoms with Crippen LogP contribution >= 0.6 is 0 Å². The van der Waals surface area contributed by atoms with E-state index in [0.29, 0.717) is 12.2 Å². The van der Waals surface area contributed by atoms with E-state index in [0.717, 1.165) is 60.6 Å². The van der Waals surface area contributed by atoms with Crippen LogP contribution in [-0.4, -0.2) is 37.4 Å². The summed E-state index contributed by atoms with van der Waals surface area (Å²) in [6, 6.07) is 12.0.